The highest BCUT2D eigenvalue weighted by atomic mass is 16.5. The molecule has 1 aromatic rings. The SMILES string of the molecule is COc1cccc2c1O[C@@](C)(CCC(=O)O)[C@@H]1CC[C@@H](CCCN=C(N)N)O[C@@H]21. The monoisotopic (exact) mass is 405 g/mol. The lowest BCUT2D eigenvalue weighted by molar-refractivity contribution is -0.162. The molecule has 0 aliphatic carbocycles. The zero-order chi connectivity index (χ0) is 21.0. The van der Waals surface area contributed by atoms with Gasteiger partial charge in [-0.1, -0.05) is 12.1 Å². The van der Waals surface area contributed by atoms with Crippen LogP contribution in [0.1, 0.15) is 57.1 Å². The van der Waals surface area contributed by atoms with Crippen molar-refractivity contribution in [1.29, 1.82) is 0 Å². The van der Waals surface area contributed by atoms with Crippen LogP contribution in [0.2, 0.25) is 0 Å². The summed E-state index contributed by atoms with van der Waals surface area (Å²) in [6, 6.07) is 5.80. The van der Waals surface area contributed by atoms with Crippen molar-refractivity contribution in [2.75, 3.05) is 13.7 Å². The molecule has 8 nitrogen and oxygen atoms in total. The van der Waals surface area contributed by atoms with Crippen LogP contribution in [0.25, 0.3) is 0 Å². The van der Waals surface area contributed by atoms with E-state index in [0.717, 1.165) is 31.2 Å². The first-order chi connectivity index (χ1) is 13.8. The maximum Gasteiger partial charge on any atom is 0.303 e. The number of aliphatic imine (C=N–C) groups is 1. The van der Waals surface area contributed by atoms with Crippen LogP contribution in [0.3, 0.4) is 0 Å². The van der Waals surface area contributed by atoms with Gasteiger partial charge in [0.1, 0.15) is 5.60 Å². The normalized spacial score (nSPS) is 27.9. The lowest BCUT2D eigenvalue weighted by atomic mass is 9.72. The predicted molar refractivity (Wildman–Crippen MR) is 109 cm³/mol. The van der Waals surface area contributed by atoms with Gasteiger partial charge >= 0.3 is 5.97 Å². The topological polar surface area (TPSA) is 129 Å². The molecule has 160 valence electrons. The molecule has 0 spiro atoms. The molecule has 0 amide bonds. The average Bonchev–Trinajstić information content (AvgIpc) is 2.69. The second-order valence-electron chi connectivity index (χ2n) is 8.00. The molecule has 8 heteroatoms. The third-order valence-corrected chi connectivity index (χ3v) is 5.97. The summed E-state index contributed by atoms with van der Waals surface area (Å²) < 4.78 is 18.4. The number of carboxylic acids is 1. The Morgan fingerprint density at radius 2 is 2.17 bits per heavy atom. The van der Waals surface area contributed by atoms with Gasteiger partial charge in [-0.3, -0.25) is 9.79 Å². The van der Waals surface area contributed by atoms with Crippen molar-refractivity contribution in [2.24, 2.45) is 22.4 Å². The highest BCUT2D eigenvalue weighted by Crippen LogP contribution is 2.54. The van der Waals surface area contributed by atoms with Crippen LogP contribution in [-0.4, -0.2) is 42.4 Å². The number of aliphatic carboxylic acids is 1. The zero-order valence-electron chi connectivity index (χ0n) is 17.1. The maximum absolute atomic E-state index is 11.2. The molecule has 1 aromatic carbocycles. The molecule has 4 atom stereocenters. The fourth-order valence-corrected chi connectivity index (χ4v) is 4.47. The van der Waals surface area contributed by atoms with E-state index in [1.54, 1.807) is 7.11 Å². The van der Waals surface area contributed by atoms with Gasteiger partial charge in [-0.05, 0) is 45.1 Å². The molecule has 1 fully saturated rings. The van der Waals surface area contributed by atoms with E-state index in [9.17, 15) is 9.90 Å². The van der Waals surface area contributed by atoms with E-state index in [2.05, 4.69) is 4.99 Å². The van der Waals surface area contributed by atoms with Crippen molar-refractivity contribution in [3.05, 3.63) is 23.8 Å². The maximum atomic E-state index is 11.2. The second-order valence-corrected chi connectivity index (χ2v) is 8.00. The van der Waals surface area contributed by atoms with Crippen LogP contribution in [0.4, 0.5) is 0 Å². The van der Waals surface area contributed by atoms with E-state index in [-0.39, 0.29) is 30.5 Å². The first-order valence-corrected chi connectivity index (χ1v) is 10.1. The van der Waals surface area contributed by atoms with E-state index in [0.29, 0.717) is 24.5 Å². The number of hydrogen-bond donors (Lipinski definition) is 3. The van der Waals surface area contributed by atoms with E-state index in [4.69, 9.17) is 25.7 Å². The number of nitrogens with two attached hydrogens (primary N) is 2. The second kappa shape index (κ2) is 8.90. The Morgan fingerprint density at radius 3 is 2.86 bits per heavy atom. The average molecular weight is 405 g/mol. The van der Waals surface area contributed by atoms with Gasteiger partial charge in [-0.25, -0.2) is 0 Å². The molecule has 29 heavy (non-hydrogen) atoms. The molecule has 0 radical (unpaired) electrons. The third kappa shape index (κ3) is 4.75. The summed E-state index contributed by atoms with van der Waals surface area (Å²) in [4.78, 5) is 15.3. The minimum absolute atomic E-state index is 0.0478. The quantitative estimate of drug-likeness (QED) is 0.344. The summed E-state index contributed by atoms with van der Waals surface area (Å²) in [6.45, 7) is 2.57. The number of benzene rings is 1. The number of rotatable bonds is 8. The minimum Gasteiger partial charge on any atom is -0.493 e. The van der Waals surface area contributed by atoms with E-state index in [1.807, 2.05) is 25.1 Å². The first-order valence-electron chi connectivity index (χ1n) is 10.1. The number of ether oxygens (including phenoxy) is 3. The summed E-state index contributed by atoms with van der Waals surface area (Å²) in [5.74, 6) is 0.655. The molecule has 3 rings (SSSR count). The number of fused-ring (bicyclic) bond motifs is 3. The lowest BCUT2D eigenvalue weighted by Crippen LogP contribution is -2.50. The smallest absolute Gasteiger partial charge is 0.303 e. The number of carboxylic acid groups (broad SMARTS) is 1. The molecular formula is C21H31N3O5. The number of nitrogens with zero attached hydrogens (tertiary/aromatic N) is 1. The van der Waals surface area contributed by atoms with Crippen molar-refractivity contribution in [1.82, 2.24) is 0 Å². The summed E-state index contributed by atoms with van der Waals surface area (Å²) >= 11 is 0. The highest BCUT2D eigenvalue weighted by molar-refractivity contribution is 5.75. The Kier molecular flexibility index (Phi) is 6.52. The summed E-state index contributed by atoms with van der Waals surface area (Å²) in [5, 5.41) is 9.21. The van der Waals surface area contributed by atoms with Crippen molar-refractivity contribution in [2.45, 2.75) is 63.3 Å². The Hall–Kier alpha value is -2.48. The van der Waals surface area contributed by atoms with Gasteiger partial charge in [0.05, 0.1) is 19.3 Å². The van der Waals surface area contributed by atoms with Gasteiger partial charge in [0.25, 0.3) is 0 Å². The van der Waals surface area contributed by atoms with Gasteiger partial charge in [0.15, 0.2) is 17.5 Å². The fourth-order valence-electron chi connectivity index (χ4n) is 4.47. The lowest BCUT2D eigenvalue weighted by Gasteiger charge is -2.50. The van der Waals surface area contributed by atoms with Gasteiger partial charge < -0.3 is 30.8 Å². The zero-order valence-corrected chi connectivity index (χ0v) is 17.1. The summed E-state index contributed by atoms with van der Waals surface area (Å²) in [6.07, 6.45) is 3.93. The van der Waals surface area contributed by atoms with Crippen molar-refractivity contribution >= 4 is 11.9 Å². The number of methoxy groups -OCH3 is 1. The van der Waals surface area contributed by atoms with E-state index in [1.165, 1.54) is 0 Å². The molecule has 0 bridgehead atoms. The van der Waals surface area contributed by atoms with Crippen LogP contribution < -0.4 is 20.9 Å². The molecule has 0 unspecified atom stereocenters. The van der Waals surface area contributed by atoms with Crippen LogP contribution in [0.5, 0.6) is 11.5 Å². The van der Waals surface area contributed by atoms with Crippen LogP contribution in [0, 0.1) is 5.92 Å². The first kappa shape index (κ1) is 21.2. The number of carbonyl (C=O) groups is 1. The van der Waals surface area contributed by atoms with Crippen LogP contribution >= 0.6 is 0 Å². The Balaban J connectivity index is 1.82. The van der Waals surface area contributed by atoms with Crippen molar-refractivity contribution in [3.8, 4) is 11.5 Å². The molecular weight excluding hydrogens is 374 g/mol. The van der Waals surface area contributed by atoms with E-state index >= 15 is 0 Å². The Morgan fingerprint density at radius 1 is 1.38 bits per heavy atom. The summed E-state index contributed by atoms with van der Waals surface area (Å²) in [5.41, 5.74) is 11.1. The molecule has 2 aliphatic rings. The van der Waals surface area contributed by atoms with E-state index < -0.39 is 11.6 Å². The molecule has 1 saturated heterocycles. The highest BCUT2D eigenvalue weighted by Gasteiger charge is 2.50. The Labute approximate surface area is 171 Å². The van der Waals surface area contributed by atoms with Crippen LogP contribution in [-0.2, 0) is 9.53 Å². The minimum atomic E-state index is -0.827. The van der Waals surface area contributed by atoms with Crippen molar-refractivity contribution in [3.63, 3.8) is 0 Å². The molecule has 0 aromatic heterocycles. The fraction of sp³-hybridized carbons (Fsp3) is 0.619. The summed E-state index contributed by atoms with van der Waals surface area (Å²) in [7, 11) is 1.61. The number of guanidine groups is 1. The van der Waals surface area contributed by atoms with Gasteiger partial charge in [0.2, 0.25) is 0 Å². The molecule has 2 aliphatic heterocycles. The third-order valence-electron chi connectivity index (χ3n) is 5.97. The largest absolute Gasteiger partial charge is 0.493 e. The molecule has 2 heterocycles. The van der Waals surface area contributed by atoms with Gasteiger partial charge in [-0.2, -0.15) is 0 Å². The number of para-hydroxylation sites is 1. The molecule has 0 saturated carbocycles. The number of hydrogen-bond acceptors (Lipinski definition) is 5. The van der Waals surface area contributed by atoms with Crippen LogP contribution in [0.15, 0.2) is 23.2 Å². The van der Waals surface area contributed by atoms with Crippen molar-refractivity contribution < 1.29 is 24.1 Å². The predicted octanol–water partition coefficient (Wildman–Crippen LogP) is 2.60. The Bertz CT molecular complexity index is 765. The molecule has 5 N–H and O–H groups in total. The standard InChI is InChI=1S/C21H31N3O5/c1-21(11-10-17(25)26)15-9-8-13(5-4-12-24-20(22)23)28-18(15)14-6-3-7-16(27-2)19(14)29-21/h3,6-7,13,15,18H,4-5,8-12H2,1-2H3,(H,25,26)(H4,22,23,24)/t13-,15-,18+,21+/m1/s1. The van der Waals surface area contributed by atoms with Gasteiger partial charge in [0, 0.05) is 24.4 Å². The van der Waals surface area contributed by atoms with Gasteiger partial charge in [-0.15, -0.1) is 0 Å².